The quantitative estimate of drug-likeness (QED) is 0.658. The fourth-order valence-electron chi connectivity index (χ4n) is 2.28. The van der Waals surface area contributed by atoms with Crippen molar-refractivity contribution in [1.29, 1.82) is 0 Å². The van der Waals surface area contributed by atoms with Crippen molar-refractivity contribution in [2.75, 3.05) is 13.2 Å². The molecule has 4 heteroatoms. The first-order chi connectivity index (χ1) is 9.67. The lowest BCUT2D eigenvalue weighted by Crippen LogP contribution is -2.45. The predicted molar refractivity (Wildman–Crippen MR) is 85.1 cm³/mol. The molecule has 0 fully saturated rings. The van der Waals surface area contributed by atoms with Crippen LogP contribution >= 0.6 is 0 Å². The highest BCUT2D eigenvalue weighted by molar-refractivity contribution is 6.67. The molecule has 0 heterocycles. The zero-order chi connectivity index (χ0) is 14.8. The van der Waals surface area contributed by atoms with Gasteiger partial charge in [0, 0.05) is 19.3 Å². The molecule has 1 aromatic rings. The summed E-state index contributed by atoms with van der Waals surface area (Å²) in [5, 5.41) is 10.0. The predicted octanol–water partition coefficient (Wildman–Crippen LogP) is 4.18. The number of phenols is 1. The molecule has 1 aromatic carbocycles. The highest BCUT2D eigenvalue weighted by Crippen LogP contribution is 2.26. The third kappa shape index (κ3) is 5.27. The Bertz CT molecular complexity index is 374. The van der Waals surface area contributed by atoms with Crippen molar-refractivity contribution in [3.8, 4) is 5.75 Å². The van der Waals surface area contributed by atoms with Crippen LogP contribution in [0.15, 0.2) is 24.3 Å². The molecule has 0 saturated heterocycles. The Balaban J connectivity index is 2.90. The van der Waals surface area contributed by atoms with E-state index in [1.165, 1.54) is 0 Å². The maximum absolute atomic E-state index is 10.0. The Kier molecular flexibility index (Phi) is 7.88. The van der Waals surface area contributed by atoms with E-state index in [0.717, 1.165) is 50.1 Å². The number of phenolic OH excluding ortho intramolecular Hbond substituents is 1. The van der Waals surface area contributed by atoms with Gasteiger partial charge in [0.25, 0.3) is 0 Å². The van der Waals surface area contributed by atoms with Crippen LogP contribution in [0.2, 0.25) is 6.04 Å². The molecule has 0 bridgehead atoms. The van der Waals surface area contributed by atoms with Crippen molar-refractivity contribution in [2.24, 2.45) is 0 Å². The highest BCUT2D eigenvalue weighted by atomic mass is 28.4. The summed E-state index contributed by atoms with van der Waals surface area (Å²) < 4.78 is 12.4. The Morgan fingerprint density at radius 1 is 0.950 bits per heavy atom. The average molecular weight is 296 g/mol. The molecule has 0 aliphatic rings. The molecule has 0 unspecified atom stereocenters. The van der Waals surface area contributed by atoms with Crippen LogP contribution in [0.4, 0.5) is 0 Å². The van der Waals surface area contributed by atoms with Gasteiger partial charge in [0.1, 0.15) is 5.75 Å². The minimum atomic E-state index is -2.27. The molecule has 20 heavy (non-hydrogen) atoms. The molecule has 114 valence electrons. The normalized spacial score (nSPS) is 11.8. The Labute approximate surface area is 124 Å². The van der Waals surface area contributed by atoms with E-state index in [-0.39, 0.29) is 0 Å². The SMILES string of the molecule is CCCO[Si](CCC)(Cc1ccccc1O)OCCC. The molecule has 0 spiro atoms. The second-order valence-corrected chi connectivity index (χ2v) is 8.42. The van der Waals surface area contributed by atoms with Crippen molar-refractivity contribution in [3.63, 3.8) is 0 Å². The van der Waals surface area contributed by atoms with Crippen LogP contribution in [0.25, 0.3) is 0 Å². The van der Waals surface area contributed by atoms with Gasteiger partial charge in [-0.25, -0.2) is 0 Å². The summed E-state index contributed by atoms with van der Waals surface area (Å²) in [6.45, 7) is 7.88. The first-order valence-electron chi connectivity index (χ1n) is 7.72. The van der Waals surface area contributed by atoms with E-state index < -0.39 is 8.56 Å². The van der Waals surface area contributed by atoms with E-state index >= 15 is 0 Å². The van der Waals surface area contributed by atoms with Crippen LogP contribution in [0.5, 0.6) is 5.75 Å². The number of hydrogen-bond acceptors (Lipinski definition) is 3. The lowest BCUT2D eigenvalue weighted by molar-refractivity contribution is 0.165. The number of hydrogen-bond donors (Lipinski definition) is 1. The summed E-state index contributed by atoms with van der Waals surface area (Å²) in [7, 11) is -2.27. The molecule has 0 atom stereocenters. The zero-order valence-electron chi connectivity index (χ0n) is 13.0. The molecule has 0 aliphatic carbocycles. The van der Waals surface area contributed by atoms with Crippen molar-refractivity contribution in [2.45, 2.75) is 52.1 Å². The average Bonchev–Trinajstić information content (AvgIpc) is 2.46. The molecular weight excluding hydrogens is 268 g/mol. The van der Waals surface area contributed by atoms with E-state index in [9.17, 15) is 5.11 Å². The Morgan fingerprint density at radius 2 is 1.55 bits per heavy atom. The molecule has 0 amide bonds. The monoisotopic (exact) mass is 296 g/mol. The Morgan fingerprint density at radius 3 is 2.05 bits per heavy atom. The van der Waals surface area contributed by atoms with Gasteiger partial charge in [0.05, 0.1) is 0 Å². The minimum Gasteiger partial charge on any atom is -0.508 e. The third-order valence-electron chi connectivity index (χ3n) is 3.22. The van der Waals surface area contributed by atoms with Gasteiger partial charge in [-0.1, -0.05) is 45.4 Å². The molecule has 3 nitrogen and oxygen atoms in total. The molecule has 0 aromatic heterocycles. The summed E-state index contributed by atoms with van der Waals surface area (Å²) in [5.74, 6) is 0.348. The van der Waals surface area contributed by atoms with E-state index in [0.29, 0.717) is 5.75 Å². The standard InChI is InChI=1S/C16H28O3Si/c1-4-11-18-20(13-6-3,19-12-5-2)14-15-9-7-8-10-16(15)17/h7-10,17H,4-6,11-14H2,1-3H3. The van der Waals surface area contributed by atoms with E-state index in [4.69, 9.17) is 8.85 Å². The molecule has 0 aliphatic heterocycles. The topological polar surface area (TPSA) is 38.7 Å². The first kappa shape index (κ1) is 17.2. The maximum Gasteiger partial charge on any atom is 0.342 e. The van der Waals surface area contributed by atoms with Gasteiger partial charge in [0.2, 0.25) is 0 Å². The summed E-state index contributed by atoms with van der Waals surface area (Å²) in [5.41, 5.74) is 0.944. The van der Waals surface area contributed by atoms with Crippen LogP contribution < -0.4 is 0 Å². The molecule has 1 N–H and O–H groups in total. The second-order valence-electron chi connectivity index (χ2n) is 5.16. The number of rotatable bonds is 10. The molecule has 0 radical (unpaired) electrons. The van der Waals surface area contributed by atoms with Gasteiger partial charge in [0.15, 0.2) is 0 Å². The van der Waals surface area contributed by atoms with Gasteiger partial charge < -0.3 is 14.0 Å². The largest absolute Gasteiger partial charge is 0.508 e. The van der Waals surface area contributed by atoms with Gasteiger partial charge in [-0.2, -0.15) is 0 Å². The van der Waals surface area contributed by atoms with Gasteiger partial charge >= 0.3 is 8.56 Å². The van der Waals surface area contributed by atoms with Crippen LogP contribution in [0.3, 0.4) is 0 Å². The first-order valence-corrected chi connectivity index (χ1v) is 9.95. The minimum absolute atomic E-state index is 0.348. The van der Waals surface area contributed by atoms with Crippen molar-refractivity contribution in [1.82, 2.24) is 0 Å². The van der Waals surface area contributed by atoms with Crippen molar-refractivity contribution in [3.05, 3.63) is 29.8 Å². The second kappa shape index (κ2) is 9.16. The van der Waals surface area contributed by atoms with E-state index in [1.54, 1.807) is 6.07 Å². The van der Waals surface area contributed by atoms with Gasteiger partial charge in [-0.05, 0) is 30.5 Å². The third-order valence-corrected chi connectivity index (χ3v) is 6.86. The summed E-state index contributed by atoms with van der Waals surface area (Å²) in [6, 6.07) is 9.22. The van der Waals surface area contributed by atoms with E-state index in [1.807, 2.05) is 18.2 Å². The molecule has 1 rings (SSSR count). The lowest BCUT2D eigenvalue weighted by atomic mass is 10.2. The van der Waals surface area contributed by atoms with Gasteiger partial charge in [-0.15, -0.1) is 0 Å². The van der Waals surface area contributed by atoms with Crippen molar-refractivity contribution < 1.29 is 14.0 Å². The Hall–Kier alpha value is -0.843. The summed E-state index contributed by atoms with van der Waals surface area (Å²) in [4.78, 5) is 0. The summed E-state index contributed by atoms with van der Waals surface area (Å²) in [6.07, 6.45) is 3.04. The van der Waals surface area contributed by atoms with Crippen LogP contribution in [0.1, 0.15) is 45.6 Å². The highest BCUT2D eigenvalue weighted by Gasteiger charge is 2.37. The number of aromatic hydroxyl groups is 1. The summed E-state index contributed by atoms with van der Waals surface area (Å²) >= 11 is 0. The van der Waals surface area contributed by atoms with Gasteiger partial charge in [-0.3, -0.25) is 0 Å². The fourth-order valence-corrected chi connectivity index (χ4v) is 5.83. The van der Waals surface area contributed by atoms with Crippen LogP contribution in [0, 0.1) is 0 Å². The lowest BCUT2D eigenvalue weighted by Gasteiger charge is -2.31. The smallest absolute Gasteiger partial charge is 0.342 e. The van der Waals surface area contributed by atoms with E-state index in [2.05, 4.69) is 20.8 Å². The molecular formula is C16H28O3Si. The number of para-hydroxylation sites is 1. The van der Waals surface area contributed by atoms with Crippen LogP contribution in [-0.2, 0) is 14.9 Å². The van der Waals surface area contributed by atoms with Crippen molar-refractivity contribution >= 4 is 8.56 Å². The number of benzene rings is 1. The zero-order valence-corrected chi connectivity index (χ0v) is 14.0. The fraction of sp³-hybridized carbons (Fsp3) is 0.625. The van der Waals surface area contributed by atoms with Crippen LogP contribution in [-0.4, -0.2) is 26.9 Å². The molecule has 0 saturated carbocycles. The maximum atomic E-state index is 10.0.